The van der Waals surface area contributed by atoms with E-state index in [9.17, 15) is 4.79 Å². The van der Waals surface area contributed by atoms with Crippen molar-refractivity contribution in [2.45, 2.75) is 45.2 Å². The van der Waals surface area contributed by atoms with Gasteiger partial charge >= 0.3 is 0 Å². The zero-order valence-corrected chi connectivity index (χ0v) is 9.83. The molecule has 88 valence electrons. The van der Waals surface area contributed by atoms with Crippen LogP contribution in [0.3, 0.4) is 0 Å². The van der Waals surface area contributed by atoms with E-state index in [1.807, 2.05) is 0 Å². The lowest BCUT2D eigenvalue weighted by atomic mass is 9.96. The molecule has 1 aliphatic rings. The van der Waals surface area contributed by atoms with Crippen molar-refractivity contribution in [3.8, 4) is 0 Å². The molecular formula is C11H23N3O. The van der Waals surface area contributed by atoms with Gasteiger partial charge in [0.25, 0.3) is 0 Å². The Balaban J connectivity index is 2.37. The second-order valence-corrected chi connectivity index (χ2v) is 4.39. The average Bonchev–Trinajstić information content (AvgIpc) is 2.20. The number of nitrogens with two attached hydrogens (primary N) is 1. The fourth-order valence-corrected chi connectivity index (χ4v) is 2.36. The van der Waals surface area contributed by atoms with Gasteiger partial charge in [0.15, 0.2) is 0 Å². The molecule has 0 bridgehead atoms. The summed E-state index contributed by atoms with van der Waals surface area (Å²) in [6.07, 6.45) is 3.72. The minimum atomic E-state index is 0.0453. The third kappa shape index (κ3) is 3.80. The predicted octanol–water partition coefficient (Wildman–Crippen LogP) is 0.324. The highest BCUT2D eigenvalue weighted by Crippen LogP contribution is 2.21. The van der Waals surface area contributed by atoms with Crippen LogP contribution in [-0.2, 0) is 4.79 Å². The lowest BCUT2D eigenvalue weighted by molar-refractivity contribution is -0.119. The Bertz CT molecular complexity index is 208. The Kier molecular flexibility index (Phi) is 5.05. The molecular weight excluding hydrogens is 190 g/mol. The Labute approximate surface area is 92.2 Å². The molecule has 4 heteroatoms. The van der Waals surface area contributed by atoms with E-state index in [2.05, 4.69) is 17.1 Å². The zero-order chi connectivity index (χ0) is 11.3. The van der Waals surface area contributed by atoms with Gasteiger partial charge in [0.2, 0.25) is 5.91 Å². The normalized spacial score (nSPS) is 27.7. The van der Waals surface area contributed by atoms with Gasteiger partial charge in [-0.05, 0) is 19.8 Å². The number of likely N-dealkylation sites (tertiary alicyclic amines) is 1. The molecule has 4 nitrogen and oxygen atoms in total. The number of nitrogens with one attached hydrogen (secondary N) is 1. The quantitative estimate of drug-likeness (QED) is 0.707. The summed E-state index contributed by atoms with van der Waals surface area (Å²) in [4.78, 5) is 13.2. The average molecular weight is 213 g/mol. The molecule has 1 fully saturated rings. The van der Waals surface area contributed by atoms with Gasteiger partial charge in [-0.1, -0.05) is 6.42 Å². The fourth-order valence-electron chi connectivity index (χ4n) is 2.36. The van der Waals surface area contributed by atoms with Crippen molar-refractivity contribution in [3.05, 3.63) is 0 Å². The van der Waals surface area contributed by atoms with Crippen molar-refractivity contribution in [3.63, 3.8) is 0 Å². The summed E-state index contributed by atoms with van der Waals surface area (Å²) in [6.45, 7) is 6.18. The van der Waals surface area contributed by atoms with Gasteiger partial charge in [0, 0.05) is 38.6 Å². The highest BCUT2D eigenvalue weighted by Gasteiger charge is 2.25. The Hall–Kier alpha value is -0.610. The van der Waals surface area contributed by atoms with Gasteiger partial charge in [-0.2, -0.15) is 0 Å². The van der Waals surface area contributed by atoms with E-state index in [-0.39, 0.29) is 5.91 Å². The molecule has 0 aromatic rings. The standard InChI is InChI=1S/C11H23N3O/c1-9-4-3-5-11(8-12)14(9)7-6-13-10(2)15/h9,11H,3-8,12H2,1-2H3,(H,13,15). The van der Waals surface area contributed by atoms with Gasteiger partial charge in [-0.15, -0.1) is 0 Å². The lowest BCUT2D eigenvalue weighted by Gasteiger charge is -2.40. The second kappa shape index (κ2) is 6.08. The molecule has 1 heterocycles. The summed E-state index contributed by atoms with van der Waals surface area (Å²) in [5.74, 6) is 0.0453. The van der Waals surface area contributed by atoms with E-state index in [1.54, 1.807) is 6.92 Å². The minimum Gasteiger partial charge on any atom is -0.355 e. The lowest BCUT2D eigenvalue weighted by Crippen LogP contribution is -2.51. The van der Waals surface area contributed by atoms with Gasteiger partial charge in [0.05, 0.1) is 0 Å². The van der Waals surface area contributed by atoms with E-state index in [4.69, 9.17) is 5.73 Å². The maximum atomic E-state index is 10.8. The number of hydrogen-bond acceptors (Lipinski definition) is 3. The van der Waals surface area contributed by atoms with Crippen LogP contribution in [0.1, 0.15) is 33.1 Å². The van der Waals surface area contributed by atoms with E-state index in [0.29, 0.717) is 12.1 Å². The highest BCUT2D eigenvalue weighted by atomic mass is 16.1. The molecule has 0 spiro atoms. The molecule has 0 aliphatic carbocycles. The molecule has 1 aliphatic heterocycles. The largest absolute Gasteiger partial charge is 0.355 e. The zero-order valence-electron chi connectivity index (χ0n) is 9.83. The van der Waals surface area contributed by atoms with Crippen molar-refractivity contribution in [2.24, 2.45) is 5.73 Å². The first-order valence-corrected chi connectivity index (χ1v) is 5.85. The first-order chi connectivity index (χ1) is 7.15. The molecule has 2 atom stereocenters. The molecule has 0 aromatic carbocycles. The second-order valence-electron chi connectivity index (χ2n) is 4.39. The van der Waals surface area contributed by atoms with Crippen LogP contribution in [-0.4, -0.2) is 42.5 Å². The molecule has 3 N–H and O–H groups in total. The van der Waals surface area contributed by atoms with Crippen LogP contribution in [0.2, 0.25) is 0 Å². The summed E-state index contributed by atoms with van der Waals surface area (Å²) >= 11 is 0. The summed E-state index contributed by atoms with van der Waals surface area (Å²) in [7, 11) is 0. The van der Waals surface area contributed by atoms with Crippen LogP contribution >= 0.6 is 0 Å². The number of hydrogen-bond donors (Lipinski definition) is 2. The molecule has 1 amide bonds. The Morgan fingerprint density at radius 2 is 2.27 bits per heavy atom. The van der Waals surface area contributed by atoms with Gasteiger partial charge in [-0.25, -0.2) is 0 Å². The maximum absolute atomic E-state index is 10.8. The smallest absolute Gasteiger partial charge is 0.216 e. The number of carbonyl (C=O) groups is 1. The molecule has 2 unspecified atom stereocenters. The number of rotatable bonds is 4. The molecule has 0 radical (unpaired) electrons. The van der Waals surface area contributed by atoms with Crippen molar-refractivity contribution in [1.29, 1.82) is 0 Å². The van der Waals surface area contributed by atoms with Crippen LogP contribution in [0.5, 0.6) is 0 Å². The van der Waals surface area contributed by atoms with Gasteiger partial charge < -0.3 is 11.1 Å². The summed E-state index contributed by atoms with van der Waals surface area (Å²) in [5, 5.41) is 2.84. The van der Waals surface area contributed by atoms with Crippen LogP contribution < -0.4 is 11.1 Å². The van der Waals surface area contributed by atoms with Crippen LogP contribution in [0.15, 0.2) is 0 Å². The summed E-state index contributed by atoms with van der Waals surface area (Å²) < 4.78 is 0. The SMILES string of the molecule is CC(=O)NCCN1C(C)CCCC1CN. The van der Waals surface area contributed by atoms with Crippen molar-refractivity contribution in [1.82, 2.24) is 10.2 Å². The third-order valence-corrected chi connectivity index (χ3v) is 3.21. The van der Waals surface area contributed by atoms with Gasteiger partial charge in [0.1, 0.15) is 0 Å². The molecule has 1 saturated heterocycles. The molecule has 15 heavy (non-hydrogen) atoms. The Morgan fingerprint density at radius 3 is 2.87 bits per heavy atom. The number of piperidine rings is 1. The number of carbonyl (C=O) groups excluding carboxylic acids is 1. The summed E-state index contributed by atoms with van der Waals surface area (Å²) in [5.41, 5.74) is 5.76. The topological polar surface area (TPSA) is 58.4 Å². The maximum Gasteiger partial charge on any atom is 0.216 e. The monoisotopic (exact) mass is 213 g/mol. The predicted molar refractivity (Wildman–Crippen MR) is 61.5 cm³/mol. The third-order valence-electron chi connectivity index (χ3n) is 3.21. The minimum absolute atomic E-state index is 0.0453. The van der Waals surface area contributed by atoms with E-state index in [1.165, 1.54) is 19.3 Å². The van der Waals surface area contributed by atoms with Crippen molar-refractivity contribution in [2.75, 3.05) is 19.6 Å². The number of nitrogens with zero attached hydrogens (tertiary/aromatic N) is 1. The Morgan fingerprint density at radius 1 is 1.53 bits per heavy atom. The van der Waals surface area contributed by atoms with E-state index < -0.39 is 0 Å². The number of amides is 1. The van der Waals surface area contributed by atoms with Crippen LogP contribution in [0.4, 0.5) is 0 Å². The first-order valence-electron chi connectivity index (χ1n) is 5.85. The summed E-state index contributed by atoms with van der Waals surface area (Å²) in [6, 6.07) is 1.10. The van der Waals surface area contributed by atoms with Crippen molar-refractivity contribution < 1.29 is 4.79 Å². The van der Waals surface area contributed by atoms with E-state index >= 15 is 0 Å². The first kappa shape index (κ1) is 12.5. The van der Waals surface area contributed by atoms with Crippen molar-refractivity contribution >= 4 is 5.91 Å². The fraction of sp³-hybridized carbons (Fsp3) is 0.909. The van der Waals surface area contributed by atoms with Gasteiger partial charge in [-0.3, -0.25) is 9.69 Å². The molecule has 1 rings (SSSR count). The van der Waals surface area contributed by atoms with Crippen LogP contribution in [0.25, 0.3) is 0 Å². The van der Waals surface area contributed by atoms with Crippen LogP contribution in [0, 0.1) is 0 Å². The van der Waals surface area contributed by atoms with E-state index in [0.717, 1.165) is 19.6 Å². The molecule has 0 saturated carbocycles. The highest BCUT2D eigenvalue weighted by molar-refractivity contribution is 5.72. The molecule has 0 aromatic heterocycles.